The molecule has 42 heavy (non-hydrogen) atoms. The molecule has 3 aromatic rings. The first kappa shape index (κ1) is 30.9. The summed E-state index contributed by atoms with van der Waals surface area (Å²) in [6.07, 6.45) is 5.06. The number of anilines is 1. The number of methoxy groups -OCH3 is 2. The van der Waals surface area contributed by atoms with E-state index in [0.717, 1.165) is 42.0 Å². The molecular weight excluding hydrogens is 554 g/mol. The van der Waals surface area contributed by atoms with E-state index < -0.39 is 28.5 Å². The average Bonchev–Trinajstić information content (AvgIpc) is 3.03. The third-order valence-corrected chi connectivity index (χ3v) is 9.34. The molecule has 0 spiro atoms. The first-order valence-electron chi connectivity index (χ1n) is 14.2. The van der Waals surface area contributed by atoms with Crippen molar-refractivity contribution in [2.24, 2.45) is 0 Å². The molecule has 0 aromatic heterocycles. The van der Waals surface area contributed by atoms with Gasteiger partial charge in [0.1, 0.15) is 24.1 Å². The number of hydrogen-bond acceptors (Lipinski definition) is 6. The van der Waals surface area contributed by atoms with Crippen LogP contribution in [0.1, 0.15) is 44.6 Å². The molecule has 0 saturated heterocycles. The summed E-state index contributed by atoms with van der Waals surface area (Å²) in [6, 6.07) is 21.0. The van der Waals surface area contributed by atoms with E-state index in [1.807, 2.05) is 12.1 Å². The van der Waals surface area contributed by atoms with Crippen molar-refractivity contribution in [2.75, 3.05) is 25.1 Å². The zero-order chi connectivity index (χ0) is 30.1. The van der Waals surface area contributed by atoms with Crippen molar-refractivity contribution in [2.45, 2.75) is 62.6 Å². The van der Waals surface area contributed by atoms with Gasteiger partial charge in [-0.15, -0.1) is 0 Å². The molecule has 9 nitrogen and oxygen atoms in total. The minimum absolute atomic E-state index is 0.0335. The lowest BCUT2D eigenvalue weighted by Crippen LogP contribution is -2.53. The lowest BCUT2D eigenvalue weighted by molar-refractivity contribution is -0.139. The first-order valence-corrected chi connectivity index (χ1v) is 15.6. The number of nitrogens with one attached hydrogen (secondary N) is 1. The Morgan fingerprint density at radius 1 is 0.905 bits per heavy atom. The van der Waals surface area contributed by atoms with Crippen LogP contribution in [0.4, 0.5) is 5.69 Å². The molecule has 0 radical (unpaired) electrons. The number of hydrogen-bond donors (Lipinski definition) is 1. The maximum atomic E-state index is 14.2. The van der Waals surface area contributed by atoms with Crippen LogP contribution < -0.4 is 19.1 Å². The third kappa shape index (κ3) is 7.42. The summed E-state index contributed by atoms with van der Waals surface area (Å²) >= 11 is 0. The molecule has 224 valence electrons. The van der Waals surface area contributed by atoms with Crippen LogP contribution in [0.25, 0.3) is 0 Å². The summed E-state index contributed by atoms with van der Waals surface area (Å²) in [6.45, 7) is 1.22. The number of sulfonamides is 1. The minimum atomic E-state index is -4.18. The summed E-state index contributed by atoms with van der Waals surface area (Å²) in [7, 11) is -1.18. The molecule has 1 N–H and O–H groups in total. The van der Waals surface area contributed by atoms with Crippen LogP contribution in [-0.4, -0.2) is 58.0 Å². The molecular formula is C32H39N3O6S. The number of benzene rings is 3. The number of para-hydroxylation sites is 2. The zero-order valence-electron chi connectivity index (χ0n) is 24.4. The van der Waals surface area contributed by atoms with Gasteiger partial charge in [-0.2, -0.15) is 0 Å². The number of ether oxygens (including phenoxy) is 2. The predicted octanol–water partition coefficient (Wildman–Crippen LogP) is 4.77. The smallest absolute Gasteiger partial charge is 0.264 e. The van der Waals surface area contributed by atoms with Gasteiger partial charge in [0, 0.05) is 12.6 Å². The van der Waals surface area contributed by atoms with Gasteiger partial charge in [-0.25, -0.2) is 8.42 Å². The Bertz CT molecular complexity index is 1460. The standard InChI is InChI=1S/C32H39N3O6S/c1-24(32(37)33-26-14-6-4-7-15-26)34(22-25-13-12-16-27(21-25)40-2)31(36)23-35(29-19-10-11-20-30(29)41-3)42(38,39)28-17-8-5-9-18-28/h5,8-13,16-21,24,26H,4,6-7,14-15,22-23H2,1-3H3,(H,33,37)/t24-/m1/s1. The Kier molecular flexibility index (Phi) is 10.5. The van der Waals surface area contributed by atoms with Gasteiger partial charge in [-0.3, -0.25) is 13.9 Å². The fourth-order valence-corrected chi connectivity index (χ4v) is 6.63. The van der Waals surface area contributed by atoms with E-state index in [-0.39, 0.29) is 29.1 Å². The van der Waals surface area contributed by atoms with Crippen LogP contribution in [0.15, 0.2) is 83.8 Å². The number of rotatable bonds is 12. The molecule has 4 rings (SSSR count). The van der Waals surface area contributed by atoms with Crippen molar-refractivity contribution in [1.82, 2.24) is 10.2 Å². The summed E-state index contributed by atoms with van der Waals surface area (Å²) in [5, 5.41) is 3.11. The first-order chi connectivity index (χ1) is 20.2. The second-order valence-electron chi connectivity index (χ2n) is 10.4. The number of amides is 2. The van der Waals surface area contributed by atoms with Crippen molar-refractivity contribution < 1.29 is 27.5 Å². The maximum absolute atomic E-state index is 14.2. The third-order valence-electron chi connectivity index (χ3n) is 7.57. The van der Waals surface area contributed by atoms with Crippen molar-refractivity contribution in [3.63, 3.8) is 0 Å². The van der Waals surface area contributed by atoms with Gasteiger partial charge in [0.05, 0.1) is 24.8 Å². The highest BCUT2D eigenvalue weighted by molar-refractivity contribution is 7.92. The summed E-state index contributed by atoms with van der Waals surface area (Å²) < 4.78 is 39.8. The molecule has 0 aliphatic heterocycles. The van der Waals surface area contributed by atoms with Crippen molar-refractivity contribution in [1.29, 1.82) is 0 Å². The number of nitrogens with zero attached hydrogens (tertiary/aromatic N) is 2. The average molecular weight is 594 g/mol. The van der Waals surface area contributed by atoms with E-state index in [4.69, 9.17) is 9.47 Å². The molecule has 2 amide bonds. The Morgan fingerprint density at radius 3 is 2.29 bits per heavy atom. The van der Waals surface area contributed by atoms with Crippen molar-refractivity contribution >= 4 is 27.5 Å². The van der Waals surface area contributed by atoms with E-state index in [2.05, 4.69) is 5.32 Å². The molecule has 1 aliphatic rings. The lowest BCUT2D eigenvalue weighted by Gasteiger charge is -2.33. The highest BCUT2D eigenvalue weighted by Gasteiger charge is 2.34. The van der Waals surface area contributed by atoms with Gasteiger partial charge in [0.15, 0.2) is 0 Å². The number of carbonyl (C=O) groups is 2. The molecule has 0 unspecified atom stereocenters. The summed E-state index contributed by atoms with van der Waals surface area (Å²) in [5.74, 6) is 0.108. The zero-order valence-corrected chi connectivity index (χ0v) is 25.2. The van der Waals surface area contributed by atoms with E-state index in [1.165, 1.54) is 24.1 Å². The monoisotopic (exact) mass is 593 g/mol. The van der Waals surface area contributed by atoms with Gasteiger partial charge >= 0.3 is 0 Å². The Morgan fingerprint density at radius 2 is 1.60 bits per heavy atom. The molecule has 10 heteroatoms. The second-order valence-corrected chi connectivity index (χ2v) is 12.3. The van der Waals surface area contributed by atoms with E-state index in [9.17, 15) is 18.0 Å². The van der Waals surface area contributed by atoms with Gasteiger partial charge in [0.2, 0.25) is 11.8 Å². The Labute approximate surface area is 248 Å². The second kappa shape index (κ2) is 14.2. The van der Waals surface area contributed by atoms with Crippen LogP contribution in [0.2, 0.25) is 0 Å². The maximum Gasteiger partial charge on any atom is 0.264 e. The minimum Gasteiger partial charge on any atom is -0.497 e. The van der Waals surface area contributed by atoms with Gasteiger partial charge in [-0.05, 0) is 61.7 Å². The van der Waals surface area contributed by atoms with Crippen molar-refractivity contribution in [3.05, 3.63) is 84.4 Å². The molecule has 0 bridgehead atoms. The SMILES string of the molecule is COc1cccc(CN(C(=O)CN(c2ccccc2OC)S(=O)(=O)c2ccccc2)[C@H](C)C(=O)NC2CCCCC2)c1. The molecule has 1 fully saturated rings. The van der Waals surface area contributed by atoms with E-state index >= 15 is 0 Å². The summed E-state index contributed by atoms with van der Waals surface area (Å²) in [5.41, 5.74) is 0.965. The summed E-state index contributed by atoms with van der Waals surface area (Å²) in [4.78, 5) is 29.1. The largest absolute Gasteiger partial charge is 0.497 e. The Balaban J connectivity index is 1.70. The molecule has 3 aromatic carbocycles. The van der Waals surface area contributed by atoms with Crippen molar-refractivity contribution in [3.8, 4) is 11.5 Å². The predicted molar refractivity (Wildman–Crippen MR) is 162 cm³/mol. The molecule has 1 saturated carbocycles. The Hall–Kier alpha value is -4.05. The van der Waals surface area contributed by atoms with Gasteiger partial charge in [-0.1, -0.05) is 61.7 Å². The highest BCUT2D eigenvalue weighted by Crippen LogP contribution is 2.32. The molecule has 1 atom stereocenters. The van der Waals surface area contributed by atoms with Crippen LogP contribution >= 0.6 is 0 Å². The van der Waals surface area contributed by atoms with Crippen LogP contribution in [0, 0.1) is 0 Å². The lowest BCUT2D eigenvalue weighted by atomic mass is 9.95. The molecule has 1 aliphatic carbocycles. The number of carbonyl (C=O) groups excluding carboxylic acids is 2. The van der Waals surface area contributed by atoms with Gasteiger partial charge in [0.25, 0.3) is 10.0 Å². The van der Waals surface area contributed by atoms with E-state index in [0.29, 0.717) is 11.5 Å². The van der Waals surface area contributed by atoms with Crippen LogP contribution in [0.5, 0.6) is 11.5 Å². The van der Waals surface area contributed by atoms with E-state index in [1.54, 1.807) is 68.6 Å². The van der Waals surface area contributed by atoms with Crippen LogP contribution in [0.3, 0.4) is 0 Å². The van der Waals surface area contributed by atoms with Gasteiger partial charge < -0.3 is 19.7 Å². The fourth-order valence-electron chi connectivity index (χ4n) is 5.19. The normalized spacial score (nSPS) is 14.5. The van der Waals surface area contributed by atoms with Crippen LogP contribution in [-0.2, 0) is 26.2 Å². The highest BCUT2D eigenvalue weighted by atomic mass is 32.2. The fraction of sp³-hybridized carbons (Fsp3) is 0.375. The topological polar surface area (TPSA) is 105 Å². The molecule has 0 heterocycles. The quantitative estimate of drug-likeness (QED) is 0.325.